The highest BCUT2D eigenvalue weighted by Crippen LogP contribution is 2.43. The molecular formula is C17H16N6O. The molecule has 7 nitrogen and oxygen atoms in total. The molecule has 0 fully saturated rings. The Morgan fingerprint density at radius 1 is 1.08 bits per heavy atom. The van der Waals surface area contributed by atoms with E-state index in [1.807, 2.05) is 54.6 Å². The van der Waals surface area contributed by atoms with Crippen LogP contribution in [-0.4, -0.2) is 24.9 Å². The quantitative estimate of drug-likeness (QED) is 0.736. The zero-order valence-electron chi connectivity index (χ0n) is 13.0. The van der Waals surface area contributed by atoms with Crippen molar-refractivity contribution in [1.82, 2.24) is 5.32 Å². The fraction of sp³-hybridized carbons (Fsp3) is 0.118. The normalized spacial score (nSPS) is 21.9. The van der Waals surface area contributed by atoms with Crippen LogP contribution in [0.15, 0.2) is 64.6 Å². The summed E-state index contributed by atoms with van der Waals surface area (Å²) in [7, 11) is 1.71. The maximum atomic E-state index is 12.9. The van der Waals surface area contributed by atoms with E-state index in [-0.39, 0.29) is 11.9 Å². The second-order valence-corrected chi connectivity index (χ2v) is 5.63. The maximum absolute atomic E-state index is 12.9. The molecule has 0 unspecified atom stereocenters. The summed E-state index contributed by atoms with van der Waals surface area (Å²) in [5, 5.41) is 6.01. The summed E-state index contributed by atoms with van der Waals surface area (Å²) in [6, 6.07) is 17.0. The van der Waals surface area contributed by atoms with Gasteiger partial charge in [-0.05, 0) is 18.2 Å². The second-order valence-electron chi connectivity index (χ2n) is 5.63. The van der Waals surface area contributed by atoms with E-state index in [0.29, 0.717) is 11.5 Å². The number of para-hydroxylation sites is 2. The van der Waals surface area contributed by atoms with Gasteiger partial charge in [0.1, 0.15) is 0 Å². The lowest BCUT2D eigenvalue weighted by Gasteiger charge is -2.26. The Morgan fingerprint density at radius 3 is 2.58 bits per heavy atom. The number of carbonyl (C=O) groups is 1. The monoisotopic (exact) mass is 320 g/mol. The highest BCUT2D eigenvalue weighted by atomic mass is 16.2. The third-order valence-electron chi connectivity index (χ3n) is 4.08. The fourth-order valence-corrected chi connectivity index (χ4v) is 2.99. The summed E-state index contributed by atoms with van der Waals surface area (Å²) in [6.45, 7) is 0. The van der Waals surface area contributed by atoms with E-state index in [1.54, 1.807) is 11.9 Å². The summed E-state index contributed by atoms with van der Waals surface area (Å²) in [6.07, 6.45) is 0. The smallest absolute Gasteiger partial charge is 0.282 e. The minimum atomic E-state index is -1.38. The van der Waals surface area contributed by atoms with Crippen LogP contribution in [0.1, 0.15) is 5.56 Å². The van der Waals surface area contributed by atoms with Crippen LogP contribution < -0.4 is 21.3 Å². The van der Waals surface area contributed by atoms with Crippen molar-refractivity contribution in [1.29, 1.82) is 0 Å². The van der Waals surface area contributed by atoms with Gasteiger partial charge in [-0.1, -0.05) is 36.4 Å². The van der Waals surface area contributed by atoms with Crippen molar-refractivity contribution in [3.05, 3.63) is 60.2 Å². The highest BCUT2D eigenvalue weighted by molar-refractivity contribution is 6.14. The Kier molecular flexibility index (Phi) is 3.02. The summed E-state index contributed by atoms with van der Waals surface area (Å²) < 4.78 is 0. The van der Waals surface area contributed by atoms with Crippen LogP contribution in [0.25, 0.3) is 0 Å². The van der Waals surface area contributed by atoms with Gasteiger partial charge in [0, 0.05) is 18.3 Å². The van der Waals surface area contributed by atoms with Gasteiger partial charge >= 0.3 is 0 Å². The molecule has 2 heterocycles. The summed E-state index contributed by atoms with van der Waals surface area (Å²) in [4.78, 5) is 23.3. The number of likely N-dealkylation sites (N-methyl/N-ethyl adjacent to an activating group) is 1. The topological polar surface area (TPSA) is 95.1 Å². The van der Waals surface area contributed by atoms with E-state index >= 15 is 0 Å². The van der Waals surface area contributed by atoms with Crippen molar-refractivity contribution in [3.8, 4) is 0 Å². The van der Waals surface area contributed by atoms with E-state index in [4.69, 9.17) is 5.73 Å². The van der Waals surface area contributed by atoms with Gasteiger partial charge in [-0.3, -0.25) is 10.1 Å². The molecule has 2 aliphatic heterocycles. The van der Waals surface area contributed by atoms with Crippen LogP contribution in [0.3, 0.4) is 0 Å². The number of guanidine groups is 2. The number of rotatable bonds is 1. The molecule has 2 aromatic rings. The van der Waals surface area contributed by atoms with Crippen molar-refractivity contribution in [2.75, 3.05) is 17.3 Å². The fourth-order valence-electron chi connectivity index (χ4n) is 2.99. The minimum Gasteiger partial charge on any atom is -0.370 e. The standard InChI is InChI=1S/C17H16N6O/c1-23-13-10-6-5-9-12(13)17(14(23)24)21-15(18)20-16(22-17)19-11-7-3-2-4-8-11/h2-10H,1H3,(H4,18,19,20,21,22)/t17-/m1/s1. The van der Waals surface area contributed by atoms with E-state index in [2.05, 4.69) is 20.6 Å². The molecule has 0 saturated carbocycles. The number of amides is 1. The zero-order valence-corrected chi connectivity index (χ0v) is 13.0. The number of benzene rings is 2. The Hall–Kier alpha value is -3.35. The van der Waals surface area contributed by atoms with Gasteiger partial charge in [0.25, 0.3) is 11.6 Å². The van der Waals surface area contributed by atoms with Crippen molar-refractivity contribution >= 4 is 29.2 Å². The number of nitrogens with one attached hydrogen (secondary N) is 2. The van der Waals surface area contributed by atoms with E-state index in [9.17, 15) is 4.79 Å². The molecule has 0 aromatic heterocycles. The summed E-state index contributed by atoms with van der Waals surface area (Å²) in [5.41, 5.74) is 6.90. The minimum absolute atomic E-state index is 0.141. The molecule has 0 radical (unpaired) electrons. The molecule has 1 amide bonds. The van der Waals surface area contributed by atoms with Crippen molar-refractivity contribution in [3.63, 3.8) is 0 Å². The number of anilines is 2. The zero-order chi connectivity index (χ0) is 16.7. The largest absolute Gasteiger partial charge is 0.370 e. The Labute approximate surface area is 138 Å². The number of nitrogens with zero attached hydrogens (tertiary/aromatic N) is 3. The predicted molar refractivity (Wildman–Crippen MR) is 93.8 cm³/mol. The lowest BCUT2D eigenvalue weighted by molar-refractivity contribution is -0.122. The van der Waals surface area contributed by atoms with E-state index in [0.717, 1.165) is 11.4 Å². The van der Waals surface area contributed by atoms with Gasteiger partial charge < -0.3 is 16.0 Å². The van der Waals surface area contributed by atoms with E-state index < -0.39 is 5.66 Å². The van der Waals surface area contributed by atoms with Crippen LogP contribution in [0.2, 0.25) is 0 Å². The second kappa shape index (κ2) is 5.09. The van der Waals surface area contributed by atoms with Crippen LogP contribution in [0, 0.1) is 0 Å². The van der Waals surface area contributed by atoms with Gasteiger partial charge in [0.2, 0.25) is 5.96 Å². The molecule has 0 bridgehead atoms. The summed E-state index contributed by atoms with van der Waals surface area (Å²) >= 11 is 0. The van der Waals surface area contributed by atoms with Crippen LogP contribution >= 0.6 is 0 Å². The molecule has 1 atom stereocenters. The van der Waals surface area contributed by atoms with Crippen molar-refractivity contribution in [2.24, 2.45) is 15.7 Å². The van der Waals surface area contributed by atoms with Gasteiger partial charge in [-0.25, -0.2) is 9.98 Å². The first-order chi connectivity index (χ1) is 11.6. The van der Waals surface area contributed by atoms with Crippen LogP contribution in [0.5, 0.6) is 0 Å². The number of fused-ring (bicyclic) bond motifs is 2. The van der Waals surface area contributed by atoms with Gasteiger partial charge in [-0.2, -0.15) is 0 Å². The Bertz CT molecular complexity index is 876. The molecule has 0 aliphatic carbocycles. The lowest BCUT2D eigenvalue weighted by atomic mass is 10.0. The van der Waals surface area contributed by atoms with Gasteiger partial charge in [0.05, 0.1) is 5.69 Å². The first-order valence-corrected chi connectivity index (χ1v) is 7.52. The number of hydrogen-bond donors (Lipinski definition) is 3. The van der Waals surface area contributed by atoms with Crippen LogP contribution in [0.4, 0.5) is 11.4 Å². The highest BCUT2D eigenvalue weighted by Gasteiger charge is 2.52. The maximum Gasteiger partial charge on any atom is 0.282 e. The first-order valence-electron chi connectivity index (χ1n) is 7.52. The lowest BCUT2D eigenvalue weighted by Crippen LogP contribution is -2.50. The molecule has 0 saturated heterocycles. The van der Waals surface area contributed by atoms with Gasteiger partial charge in [-0.15, -0.1) is 0 Å². The number of carbonyl (C=O) groups excluding carboxylic acids is 1. The average Bonchev–Trinajstić information content (AvgIpc) is 2.78. The molecule has 2 aromatic carbocycles. The molecule has 7 heteroatoms. The average molecular weight is 320 g/mol. The molecule has 2 aliphatic rings. The molecule has 120 valence electrons. The number of hydrogen-bond acceptors (Lipinski definition) is 6. The van der Waals surface area contributed by atoms with Crippen molar-refractivity contribution < 1.29 is 4.79 Å². The first kappa shape index (κ1) is 14.3. The van der Waals surface area contributed by atoms with E-state index in [1.165, 1.54) is 0 Å². The third-order valence-corrected chi connectivity index (χ3v) is 4.08. The third kappa shape index (κ3) is 2.02. The molecule has 4 rings (SSSR count). The Morgan fingerprint density at radius 2 is 1.79 bits per heavy atom. The predicted octanol–water partition coefficient (Wildman–Crippen LogP) is 1.20. The molecule has 4 N–H and O–H groups in total. The van der Waals surface area contributed by atoms with Crippen molar-refractivity contribution in [2.45, 2.75) is 5.66 Å². The Balaban J connectivity index is 1.82. The molecule has 1 spiro atoms. The summed E-state index contributed by atoms with van der Waals surface area (Å²) in [5.74, 6) is 0.287. The van der Waals surface area contributed by atoms with Gasteiger partial charge in [0.15, 0.2) is 5.96 Å². The van der Waals surface area contributed by atoms with Crippen LogP contribution in [-0.2, 0) is 10.5 Å². The number of aliphatic imine (C=N–C) groups is 2. The molecule has 24 heavy (non-hydrogen) atoms. The SMILES string of the molecule is CN1C(=O)[C@@]2(N=C(N)NC(Nc3ccccc3)=N2)c2ccccc21. The number of nitrogens with two attached hydrogens (primary N) is 1. The molecular weight excluding hydrogens is 304 g/mol.